The Morgan fingerprint density at radius 3 is 2.66 bits per heavy atom. The standard InChI is InChI=1S/C24H22N4O4/c1-14-6-5-7-21(16(14)3)27-15(2)10-19(17(27)4)13-25-26-24(29)23-12-18-11-20(28(30)31)8-9-22(18)32-23/h5-13H,1-4H3,(H,26,29)/b25-13+. The van der Waals surface area contributed by atoms with E-state index in [-0.39, 0.29) is 11.4 Å². The Hall–Kier alpha value is -4.20. The fraction of sp³-hybridized carbons (Fsp3) is 0.167. The van der Waals surface area contributed by atoms with Crippen molar-refractivity contribution in [2.45, 2.75) is 27.7 Å². The van der Waals surface area contributed by atoms with Crippen LogP contribution in [0.3, 0.4) is 0 Å². The summed E-state index contributed by atoms with van der Waals surface area (Å²) in [7, 11) is 0. The molecule has 0 aliphatic carbocycles. The van der Waals surface area contributed by atoms with E-state index in [9.17, 15) is 14.9 Å². The lowest BCUT2D eigenvalue weighted by Gasteiger charge is -2.14. The molecule has 2 aromatic carbocycles. The number of nitrogens with zero attached hydrogens (tertiary/aromatic N) is 3. The highest BCUT2D eigenvalue weighted by Gasteiger charge is 2.15. The van der Waals surface area contributed by atoms with Crippen LogP contribution in [-0.4, -0.2) is 21.6 Å². The topological polar surface area (TPSA) is 103 Å². The first-order valence-corrected chi connectivity index (χ1v) is 10.0. The molecule has 0 aliphatic heterocycles. The highest BCUT2D eigenvalue weighted by Crippen LogP contribution is 2.25. The second-order valence-corrected chi connectivity index (χ2v) is 7.67. The smallest absolute Gasteiger partial charge is 0.307 e. The monoisotopic (exact) mass is 430 g/mol. The Kier molecular flexibility index (Phi) is 5.36. The number of nitro groups is 1. The molecule has 8 heteroatoms. The fourth-order valence-electron chi connectivity index (χ4n) is 3.74. The lowest BCUT2D eigenvalue weighted by molar-refractivity contribution is -0.384. The number of nitrogens with one attached hydrogen (secondary N) is 1. The zero-order valence-corrected chi connectivity index (χ0v) is 18.2. The SMILES string of the molecule is Cc1cccc(-n2c(C)cc(/C=N/NC(=O)c3cc4cc([N+](=O)[O-])ccc4o3)c2C)c1C. The van der Waals surface area contributed by atoms with Crippen molar-refractivity contribution in [2.24, 2.45) is 5.10 Å². The average Bonchev–Trinajstić information content (AvgIpc) is 3.30. The molecule has 4 aromatic rings. The minimum Gasteiger partial charge on any atom is -0.451 e. The lowest BCUT2D eigenvalue weighted by atomic mass is 10.1. The zero-order chi connectivity index (χ0) is 23.0. The molecule has 0 aliphatic rings. The van der Waals surface area contributed by atoms with Crippen molar-refractivity contribution < 1.29 is 14.1 Å². The number of fused-ring (bicyclic) bond motifs is 1. The van der Waals surface area contributed by atoms with Crippen molar-refractivity contribution in [1.82, 2.24) is 9.99 Å². The number of nitro benzene ring substituents is 1. The number of hydrogen-bond donors (Lipinski definition) is 1. The summed E-state index contributed by atoms with van der Waals surface area (Å²) < 4.78 is 7.65. The molecule has 0 fully saturated rings. The van der Waals surface area contributed by atoms with Gasteiger partial charge >= 0.3 is 5.91 Å². The summed E-state index contributed by atoms with van der Waals surface area (Å²) in [4.78, 5) is 22.8. The highest BCUT2D eigenvalue weighted by atomic mass is 16.6. The first-order valence-electron chi connectivity index (χ1n) is 10.0. The predicted molar refractivity (Wildman–Crippen MR) is 123 cm³/mol. The van der Waals surface area contributed by atoms with Gasteiger partial charge in [0.2, 0.25) is 0 Å². The lowest BCUT2D eigenvalue weighted by Crippen LogP contribution is -2.16. The Bertz CT molecular complexity index is 1390. The fourth-order valence-corrected chi connectivity index (χ4v) is 3.74. The number of hydrogen-bond acceptors (Lipinski definition) is 5. The molecule has 8 nitrogen and oxygen atoms in total. The highest BCUT2D eigenvalue weighted by molar-refractivity contribution is 5.97. The van der Waals surface area contributed by atoms with Crippen molar-refractivity contribution in [3.8, 4) is 5.69 Å². The number of hydrazone groups is 1. The summed E-state index contributed by atoms with van der Waals surface area (Å²) in [6, 6.07) is 13.8. The van der Waals surface area contributed by atoms with Crippen molar-refractivity contribution in [3.63, 3.8) is 0 Å². The molecule has 2 heterocycles. The van der Waals surface area contributed by atoms with Crippen molar-refractivity contribution in [2.75, 3.05) is 0 Å². The van der Waals surface area contributed by atoms with Crippen LogP contribution in [0.4, 0.5) is 5.69 Å². The number of rotatable bonds is 5. The molecule has 162 valence electrons. The second kappa shape index (κ2) is 8.14. The number of aryl methyl sites for hydroxylation is 2. The summed E-state index contributed by atoms with van der Waals surface area (Å²) in [6.07, 6.45) is 1.59. The Morgan fingerprint density at radius 1 is 1.12 bits per heavy atom. The van der Waals surface area contributed by atoms with E-state index in [4.69, 9.17) is 4.42 Å². The van der Waals surface area contributed by atoms with E-state index < -0.39 is 10.8 Å². The molecule has 0 saturated carbocycles. The van der Waals surface area contributed by atoms with E-state index in [0.29, 0.717) is 11.0 Å². The minimum atomic E-state index is -0.538. The molecule has 1 N–H and O–H groups in total. The van der Waals surface area contributed by atoms with Gasteiger partial charge in [0, 0.05) is 40.2 Å². The molecular formula is C24H22N4O4. The van der Waals surface area contributed by atoms with E-state index >= 15 is 0 Å². The van der Waals surface area contributed by atoms with Gasteiger partial charge in [-0.1, -0.05) is 12.1 Å². The first kappa shape index (κ1) is 21.0. The molecule has 0 unspecified atom stereocenters. The van der Waals surface area contributed by atoms with Gasteiger partial charge in [0.1, 0.15) is 5.58 Å². The van der Waals surface area contributed by atoms with Crippen LogP contribution in [0.25, 0.3) is 16.7 Å². The van der Waals surface area contributed by atoms with E-state index in [1.54, 1.807) is 6.21 Å². The van der Waals surface area contributed by atoms with Crippen LogP contribution in [0, 0.1) is 37.8 Å². The summed E-state index contributed by atoms with van der Waals surface area (Å²) in [5.74, 6) is -0.512. The third-order valence-corrected chi connectivity index (χ3v) is 5.59. The molecule has 0 bridgehead atoms. The molecule has 0 atom stereocenters. The Labute approximate surface area is 184 Å². The zero-order valence-electron chi connectivity index (χ0n) is 18.2. The van der Waals surface area contributed by atoms with Crippen LogP contribution >= 0.6 is 0 Å². The molecule has 0 radical (unpaired) electrons. The van der Waals surface area contributed by atoms with Gasteiger partial charge in [-0.25, -0.2) is 5.43 Å². The maximum absolute atomic E-state index is 12.4. The van der Waals surface area contributed by atoms with Gasteiger partial charge in [0.15, 0.2) is 5.76 Å². The average molecular weight is 430 g/mol. The quantitative estimate of drug-likeness (QED) is 0.269. The molecule has 2 aromatic heterocycles. The number of carbonyl (C=O) groups is 1. The third-order valence-electron chi connectivity index (χ3n) is 5.59. The largest absolute Gasteiger partial charge is 0.451 e. The first-order chi connectivity index (χ1) is 15.3. The van der Waals surface area contributed by atoms with Crippen LogP contribution in [0.2, 0.25) is 0 Å². The van der Waals surface area contributed by atoms with Crippen LogP contribution in [-0.2, 0) is 0 Å². The minimum absolute atomic E-state index is 0.0264. The molecular weight excluding hydrogens is 408 g/mol. The van der Waals surface area contributed by atoms with Crippen molar-refractivity contribution in [3.05, 3.63) is 92.5 Å². The van der Waals surface area contributed by atoms with E-state index in [1.165, 1.54) is 35.4 Å². The molecule has 4 rings (SSSR count). The normalized spacial score (nSPS) is 11.4. The molecule has 32 heavy (non-hydrogen) atoms. The summed E-state index contributed by atoms with van der Waals surface area (Å²) in [5.41, 5.74) is 9.25. The Morgan fingerprint density at radius 2 is 1.91 bits per heavy atom. The number of non-ortho nitro benzene ring substituents is 1. The van der Waals surface area contributed by atoms with Gasteiger partial charge in [-0.3, -0.25) is 14.9 Å². The van der Waals surface area contributed by atoms with Crippen LogP contribution in [0.5, 0.6) is 0 Å². The molecule has 0 saturated heterocycles. The summed E-state index contributed by atoms with van der Waals surface area (Å²) >= 11 is 0. The van der Waals surface area contributed by atoms with E-state index in [2.05, 4.69) is 41.1 Å². The Balaban J connectivity index is 1.54. The second-order valence-electron chi connectivity index (χ2n) is 7.67. The number of furan rings is 1. The predicted octanol–water partition coefficient (Wildman–Crippen LogP) is 5.13. The summed E-state index contributed by atoms with van der Waals surface area (Å²) in [6.45, 7) is 8.21. The maximum Gasteiger partial charge on any atom is 0.307 e. The van der Waals surface area contributed by atoms with Gasteiger partial charge in [0.25, 0.3) is 5.69 Å². The van der Waals surface area contributed by atoms with E-state index in [0.717, 1.165) is 22.6 Å². The number of amides is 1. The van der Waals surface area contributed by atoms with Crippen molar-refractivity contribution >= 4 is 28.8 Å². The van der Waals surface area contributed by atoms with Gasteiger partial charge in [-0.2, -0.15) is 5.10 Å². The van der Waals surface area contributed by atoms with Gasteiger partial charge in [-0.05, 0) is 63.1 Å². The van der Waals surface area contributed by atoms with E-state index in [1.807, 2.05) is 26.0 Å². The van der Waals surface area contributed by atoms with Crippen LogP contribution < -0.4 is 5.43 Å². The van der Waals surface area contributed by atoms with Crippen LogP contribution in [0.1, 0.15) is 38.6 Å². The maximum atomic E-state index is 12.4. The molecule has 0 spiro atoms. The van der Waals surface area contributed by atoms with Gasteiger partial charge in [-0.15, -0.1) is 0 Å². The molecule has 1 amide bonds. The number of carbonyl (C=O) groups excluding carboxylic acids is 1. The number of benzene rings is 2. The van der Waals surface area contributed by atoms with Crippen LogP contribution in [0.15, 0.2) is 58.0 Å². The summed E-state index contributed by atoms with van der Waals surface area (Å²) in [5, 5.41) is 15.5. The number of aromatic nitrogens is 1. The van der Waals surface area contributed by atoms with Gasteiger partial charge < -0.3 is 8.98 Å². The van der Waals surface area contributed by atoms with Gasteiger partial charge in [0.05, 0.1) is 11.1 Å². The van der Waals surface area contributed by atoms with Crippen molar-refractivity contribution in [1.29, 1.82) is 0 Å². The third kappa shape index (κ3) is 3.78.